The van der Waals surface area contributed by atoms with E-state index < -0.39 is 0 Å². The number of rotatable bonds is 5. The molecular formula is C16H21N3O. The number of aromatic nitrogens is 2. The Morgan fingerprint density at radius 3 is 3.15 bits per heavy atom. The number of nitrogens with one attached hydrogen (secondary N) is 1. The molecule has 0 amide bonds. The second-order valence-corrected chi connectivity index (χ2v) is 5.15. The molecule has 1 aliphatic heterocycles. The second-order valence-electron chi connectivity index (χ2n) is 5.15. The zero-order valence-electron chi connectivity index (χ0n) is 11.9. The molecule has 3 rings (SSSR count). The number of benzene rings is 1. The maximum atomic E-state index is 5.70. The van der Waals surface area contributed by atoms with Crippen molar-refractivity contribution in [3.8, 4) is 5.75 Å². The van der Waals surface area contributed by atoms with Gasteiger partial charge in [-0.2, -0.15) is 5.10 Å². The SMILES string of the molecule is CCCn1nccc1CNC1CCOc2ccccc21. The van der Waals surface area contributed by atoms with Crippen molar-refractivity contribution in [2.24, 2.45) is 0 Å². The Kier molecular flexibility index (Phi) is 4.02. The number of hydrogen-bond acceptors (Lipinski definition) is 3. The zero-order chi connectivity index (χ0) is 13.8. The van der Waals surface area contributed by atoms with Gasteiger partial charge in [-0.3, -0.25) is 4.68 Å². The molecule has 1 unspecified atom stereocenters. The first-order valence-corrected chi connectivity index (χ1v) is 7.34. The summed E-state index contributed by atoms with van der Waals surface area (Å²) >= 11 is 0. The number of para-hydroxylation sites is 1. The van der Waals surface area contributed by atoms with Crippen LogP contribution in [0.4, 0.5) is 0 Å². The van der Waals surface area contributed by atoms with E-state index in [2.05, 4.69) is 40.2 Å². The molecule has 4 heteroatoms. The lowest BCUT2D eigenvalue weighted by atomic mass is 10.0. The van der Waals surface area contributed by atoms with Gasteiger partial charge in [-0.05, 0) is 18.6 Å². The van der Waals surface area contributed by atoms with E-state index >= 15 is 0 Å². The Morgan fingerprint density at radius 1 is 1.35 bits per heavy atom. The van der Waals surface area contributed by atoms with Crippen LogP contribution in [0.15, 0.2) is 36.5 Å². The van der Waals surface area contributed by atoms with Gasteiger partial charge < -0.3 is 10.1 Å². The quantitative estimate of drug-likeness (QED) is 0.909. The highest BCUT2D eigenvalue weighted by Crippen LogP contribution is 2.31. The Balaban J connectivity index is 1.69. The van der Waals surface area contributed by atoms with Gasteiger partial charge in [-0.15, -0.1) is 0 Å². The molecule has 0 spiro atoms. The van der Waals surface area contributed by atoms with Crippen molar-refractivity contribution in [3.05, 3.63) is 47.8 Å². The Morgan fingerprint density at radius 2 is 2.25 bits per heavy atom. The van der Waals surface area contributed by atoms with Gasteiger partial charge in [0.25, 0.3) is 0 Å². The van der Waals surface area contributed by atoms with Gasteiger partial charge in [-0.1, -0.05) is 25.1 Å². The first kappa shape index (κ1) is 13.2. The molecule has 0 fully saturated rings. The maximum Gasteiger partial charge on any atom is 0.124 e. The van der Waals surface area contributed by atoms with Crippen molar-refractivity contribution in [2.45, 2.75) is 38.9 Å². The molecule has 1 N–H and O–H groups in total. The summed E-state index contributed by atoms with van der Waals surface area (Å²) in [7, 11) is 0. The van der Waals surface area contributed by atoms with Crippen molar-refractivity contribution in [1.82, 2.24) is 15.1 Å². The minimum absolute atomic E-state index is 0.366. The van der Waals surface area contributed by atoms with E-state index in [4.69, 9.17) is 4.74 Å². The van der Waals surface area contributed by atoms with Crippen LogP contribution in [0.5, 0.6) is 5.75 Å². The molecule has 0 saturated carbocycles. The number of hydrogen-bond donors (Lipinski definition) is 1. The maximum absolute atomic E-state index is 5.70. The summed E-state index contributed by atoms with van der Waals surface area (Å²) in [5, 5.41) is 8.00. The molecule has 0 aliphatic carbocycles. The Labute approximate surface area is 119 Å². The third-order valence-electron chi connectivity index (χ3n) is 3.73. The van der Waals surface area contributed by atoms with Gasteiger partial charge in [0, 0.05) is 37.3 Å². The van der Waals surface area contributed by atoms with Crippen molar-refractivity contribution in [2.75, 3.05) is 6.61 Å². The molecule has 1 aliphatic rings. The summed E-state index contributed by atoms with van der Waals surface area (Å²) in [6.45, 7) is 4.78. The molecule has 0 saturated heterocycles. The van der Waals surface area contributed by atoms with E-state index in [1.54, 1.807) is 0 Å². The fraction of sp³-hybridized carbons (Fsp3) is 0.438. The molecule has 2 heterocycles. The number of nitrogens with zero attached hydrogens (tertiary/aromatic N) is 2. The van der Waals surface area contributed by atoms with Crippen LogP contribution in [-0.4, -0.2) is 16.4 Å². The van der Waals surface area contributed by atoms with E-state index in [1.165, 1.54) is 11.3 Å². The van der Waals surface area contributed by atoms with Crippen LogP contribution in [0.2, 0.25) is 0 Å². The van der Waals surface area contributed by atoms with Crippen LogP contribution in [0, 0.1) is 0 Å². The first-order chi connectivity index (χ1) is 9.88. The molecule has 1 aromatic heterocycles. The second kappa shape index (κ2) is 6.09. The molecule has 2 aromatic rings. The Hall–Kier alpha value is -1.81. The van der Waals surface area contributed by atoms with Gasteiger partial charge >= 0.3 is 0 Å². The Bertz CT molecular complexity index is 564. The highest BCUT2D eigenvalue weighted by molar-refractivity contribution is 5.37. The highest BCUT2D eigenvalue weighted by atomic mass is 16.5. The lowest BCUT2D eigenvalue weighted by molar-refractivity contribution is 0.251. The van der Waals surface area contributed by atoms with E-state index in [1.807, 2.05) is 18.3 Å². The van der Waals surface area contributed by atoms with E-state index in [-0.39, 0.29) is 0 Å². The van der Waals surface area contributed by atoms with Crippen molar-refractivity contribution in [3.63, 3.8) is 0 Å². The summed E-state index contributed by atoms with van der Waals surface area (Å²) in [6, 6.07) is 10.7. The smallest absolute Gasteiger partial charge is 0.124 e. The molecule has 0 bridgehead atoms. The van der Waals surface area contributed by atoms with Crippen molar-refractivity contribution >= 4 is 0 Å². The molecule has 1 aromatic carbocycles. The molecule has 20 heavy (non-hydrogen) atoms. The summed E-state index contributed by atoms with van der Waals surface area (Å²) < 4.78 is 7.78. The van der Waals surface area contributed by atoms with Crippen LogP contribution in [-0.2, 0) is 13.1 Å². The summed E-state index contributed by atoms with van der Waals surface area (Å²) in [6.07, 6.45) is 4.00. The minimum atomic E-state index is 0.366. The van der Waals surface area contributed by atoms with Gasteiger partial charge in [0.15, 0.2) is 0 Å². The molecule has 4 nitrogen and oxygen atoms in total. The lowest BCUT2D eigenvalue weighted by Crippen LogP contribution is -2.27. The van der Waals surface area contributed by atoms with E-state index in [0.717, 1.165) is 38.3 Å². The lowest BCUT2D eigenvalue weighted by Gasteiger charge is -2.26. The summed E-state index contributed by atoms with van der Waals surface area (Å²) in [5.41, 5.74) is 2.51. The third kappa shape index (κ3) is 2.70. The average Bonchev–Trinajstić information content (AvgIpc) is 2.93. The molecule has 106 valence electrons. The zero-order valence-corrected chi connectivity index (χ0v) is 11.9. The minimum Gasteiger partial charge on any atom is -0.493 e. The predicted octanol–water partition coefficient (Wildman–Crippen LogP) is 2.91. The van der Waals surface area contributed by atoms with Crippen LogP contribution in [0.1, 0.15) is 37.1 Å². The third-order valence-corrected chi connectivity index (χ3v) is 3.73. The molecular weight excluding hydrogens is 250 g/mol. The largest absolute Gasteiger partial charge is 0.493 e. The van der Waals surface area contributed by atoms with E-state index in [9.17, 15) is 0 Å². The van der Waals surface area contributed by atoms with Crippen molar-refractivity contribution in [1.29, 1.82) is 0 Å². The number of ether oxygens (including phenoxy) is 1. The predicted molar refractivity (Wildman–Crippen MR) is 78.7 cm³/mol. The summed E-state index contributed by atoms with van der Waals surface area (Å²) in [5.74, 6) is 1.01. The first-order valence-electron chi connectivity index (χ1n) is 7.34. The average molecular weight is 271 g/mol. The van der Waals surface area contributed by atoms with Gasteiger partial charge in [0.05, 0.1) is 12.3 Å². The van der Waals surface area contributed by atoms with Crippen LogP contribution < -0.4 is 10.1 Å². The fourth-order valence-corrected chi connectivity index (χ4v) is 2.71. The standard InChI is InChI=1S/C16H21N3O/c1-2-10-19-13(7-9-18-19)12-17-15-8-11-20-16-6-4-3-5-14(15)16/h3-7,9,15,17H,2,8,10-12H2,1H3. The van der Waals surface area contributed by atoms with Gasteiger partial charge in [0.1, 0.15) is 5.75 Å². The molecule has 1 atom stereocenters. The normalized spacial score (nSPS) is 17.6. The monoisotopic (exact) mass is 271 g/mol. The van der Waals surface area contributed by atoms with Gasteiger partial charge in [-0.25, -0.2) is 0 Å². The fourth-order valence-electron chi connectivity index (χ4n) is 2.71. The van der Waals surface area contributed by atoms with Crippen LogP contribution in [0.25, 0.3) is 0 Å². The number of aryl methyl sites for hydroxylation is 1. The van der Waals surface area contributed by atoms with Crippen molar-refractivity contribution < 1.29 is 4.74 Å². The van der Waals surface area contributed by atoms with Gasteiger partial charge in [0.2, 0.25) is 0 Å². The highest BCUT2D eigenvalue weighted by Gasteiger charge is 2.20. The number of fused-ring (bicyclic) bond motifs is 1. The van der Waals surface area contributed by atoms with E-state index in [0.29, 0.717) is 6.04 Å². The molecule has 0 radical (unpaired) electrons. The van der Waals surface area contributed by atoms with Crippen LogP contribution in [0.3, 0.4) is 0 Å². The topological polar surface area (TPSA) is 39.1 Å². The van der Waals surface area contributed by atoms with Crippen LogP contribution >= 0.6 is 0 Å². The summed E-state index contributed by atoms with van der Waals surface area (Å²) in [4.78, 5) is 0.